The van der Waals surface area contributed by atoms with E-state index in [1.807, 2.05) is 12.1 Å². The standard InChI is InChI=1S/C37H30N2/c1-27-16-20-32(21-17-27)38-36-22-18-30(26-35(36)29-12-5-3-6-13-29)31-19-23-37-34(25-31)28(2)11-9-10-24-39(37)33-14-7-4-8-15-33/h3-26,38H,2H2,1H3/b11-9-,24-10-. The predicted octanol–water partition coefficient (Wildman–Crippen LogP) is 10.3. The molecule has 1 heterocycles. The van der Waals surface area contributed by atoms with Crippen LogP contribution in [0.1, 0.15) is 11.1 Å². The fourth-order valence-electron chi connectivity index (χ4n) is 4.96. The van der Waals surface area contributed by atoms with Gasteiger partial charge in [-0.25, -0.2) is 0 Å². The van der Waals surface area contributed by atoms with E-state index in [2.05, 4.69) is 157 Å². The smallest absolute Gasteiger partial charge is 0.0534 e. The van der Waals surface area contributed by atoms with Crippen LogP contribution in [-0.4, -0.2) is 0 Å². The molecule has 2 nitrogen and oxygen atoms in total. The molecule has 5 aromatic carbocycles. The first-order valence-electron chi connectivity index (χ1n) is 13.2. The molecule has 1 aliphatic heterocycles. The van der Waals surface area contributed by atoms with Gasteiger partial charge in [-0.05, 0) is 83.8 Å². The van der Waals surface area contributed by atoms with E-state index in [-0.39, 0.29) is 0 Å². The summed E-state index contributed by atoms with van der Waals surface area (Å²) in [4.78, 5) is 2.22. The molecule has 0 aromatic heterocycles. The summed E-state index contributed by atoms with van der Waals surface area (Å²) in [5, 5.41) is 3.64. The van der Waals surface area contributed by atoms with Crippen molar-refractivity contribution in [3.05, 3.63) is 163 Å². The number of hydrogen-bond donors (Lipinski definition) is 1. The third kappa shape index (κ3) is 5.18. The molecule has 1 N–H and O–H groups in total. The van der Waals surface area contributed by atoms with Crippen LogP contribution in [0.4, 0.5) is 22.7 Å². The van der Waals surface area contributed by atoms with Crippen LogP contribution in [0.2, 0.25) is 0 Å². The van der Waals surface area contributed by atoms with Crippen LogP contribution in [0.3, 0.4) is 0 Å². The Morgan fingerprint density at radius 2 is 1.28 bits per heavy atom. The van der Waals surface area contributed by atoms with Crippen molar-refractivity contribution in [2.75, 3.05) is 10.2 Å². The van der Waals surface area contributed by atoms with Crippen molar-refractivity contribution in [1.82, 2.24) is 0 Å². The van der Waals surface area contributed by atoms with Gasteiger partial charge in [-0.2, -0.15) is 0 Å². The van der Waals surface area contributed by atoms with Crippen LogP contribution in [0.25, 0.3) is 27.8 Å². The van der Waals surface area contributed by atoms with Gasteiger partial charge in [-0.15, -0.1) is 0 Å². The van der Waals surface area contributed by atoms with E-state index in [4.69, 9.17) is 0 Å². The number of para-hydroxylation sites is 1. The molecule has 0 amide bonds. The van der Waals surface area contributed by atoms with Crippen LogP contribution < -0.4 is 10.2 Å². The highest BCUT2D eigenvalue weighted by Gasteiger charge is 2.16. The molecular weight excluding hydrogens is 472 g/mol. The molecule has 0 atom stereocenters. The van der Waals surface area contributed by atoms with Crippen LogP contribution in [0, 0.1) is 6.92 Å². The van der Waals surface area contributed by atoms with Gasteiger partial charge in [-0.3, -0.25) is 0 Å². The normalized spacial score (nSPS) is 14.2. The highest BCUT2D eigenvalue weighted by Crippen LogP contribution is 2.39. The molecule has 0 unspecified atom stereocenters. The number of nitrogens with one attached hydrogen (secondary N) is 1. The summed E-state index contributed by atoms with van der Waals surface area (Å²) in [5.74, 6) is 0. The van der Waals surface area contributed by atoms with E-state index in [0.717, 1.165) is 50.6 Å². The van der Waals surface area contributed by atoms with E-state index in [1.165, 1.54) is 11.1 Å². The summed E-state index contributed by atoms with van der Waals surface area (Å²) in [5.41, 5.74) is 12.4. The zero-order chi connectivity index (χ0) is 26.6. The molecule has 2 heteroatoms. The molecule has 0 saturated heterocycles. The maximum Gasteiger partial charge on any atom is 0.0534 e. The maximum atomic E-state index is 4.39. The molecule has 0 saturated carbocycles. The fraction of sp³-hybridized carbons (Fsp3) is 0.0270. The molecular formula is C37H30N2. The number of anilines is 4. The van der Waals surface area contributed by atoms with E-state index >= 15 is 0 Å². The van der Waals surface area contributed by atoms with Gasteiger partial charge in [0.25, 0.3) is 0 Å². The van der Waals surface area contributed by atoms with Gasteiger partial charge >= 0.3 is 0 Å². The minimum absolute atomic E-state index is 0.984. The first kappa shape index (κ1) is 24.3. The predicted molar refractivity (Wildman–Crippen MR) is 168 cm³/mol. The van der Waals surface area contributed by atoms with Gasteiger partial charge in [0.2, 0.25) is 0 Å². The van der Waals surface area contributed by atoms with Crippen molar-refractivity contribution in [2.24, 2.45) is 0 Å². The number of nitrogens with zero attached hydrogens (tertiary/aromatic N) is 1. The summed E-state index contributed by atoms with van der Waals surface area (Å²) in [7, 11) is 0. The highest BCUT2D eigenvalue weighted by molar-refractivity contribution is 5.90. The summed E-state index contributed by atoms with van der Waals surface area (Å²) in [6, 6.07) is 42.8. The number of rotatable bonds is 5. The third-order valence-corrected chi connectivity index (χ3v) is 7.05. The number of aryl methyl sites for hydroxylation is 1. The van der Waals surface area contributed by atoms with Crippen molar-refractivity contribution in [3.8, 4) is 22.3 Å². The van der Waals surface area contributed by atoms with Gasteiger partial charge in [0.05, 0.1) is 5.69 Å². The minimum Gasteiger partial charge on any atom is -0.355 e. The van der Waals surface area contributed by atoms with Crippen LogP contribution in [0.15, 0.2) is 152 Å². The van der Waals surface area contributed by atoms with E-state index in [9.17, 15) is 0 Å². The number of hydrogen-bond acceptors (Lipinski definition) is 2. The van der Waals surface area contributed by atoms with Gasteiger partial charge in [-0.1, -0.05) is 97.1 Å². The Bertz CT molecular complexity index is 1680. The number of allylic oxidation sites excluding steroid dienone is 4. The maximum absolute atomic E-state index is 4.39. The summed E-state index contributed by atoms with van der Waals surface area (Å²) < 4.78 is 0. The zero-order valence-electron chi connectivity index (χ0n) is 22.0. The van der Waals surface area contributed by atoms with Crippen molar-refractivity contribution in [3.63, 3.8) is 0 Å². The molecule has 1 aliphatic rings. The average molecular weight is 503 g/mol. The third-order valence-electron chi connectivity index (χ3n) is 7.05. The second-order valence-electron chi connectivity index (χ2n) is 9.78. The second-order valence-corrected chi connectivity index (χ2v) is 9.78. The number of benzene rings is 5. The summed E-state index contributed by atoms with van der Waals surface area (Å²) >= 11 is 0. The van der Waals surface area contributed by atoms with E-state index < -0.39 is 0 Å². The molecule has 6 rings (SSSR count). The molecule has 0 aliphatic carbocycles. The fourth-order valence-corrected chi connectivity index (χ4v) is 4.96. The van der Waals surface area contributed by atoms with Crippen LogP contribution >= 0.6 is 0 Å². The zero-order valence-corrected chi connectivity index (χ0v) is 22.0. The lowest BCUT2D eigenvalue weighted by atomic mass is 9.93. The Kier molecular flexibility index (Phi) is 6.67. The molecule has 0 spiro atoms. The van der Waals surface area contributed by atoms with Crippen molar-refractivity contribution in [1.29, 1.82) is 0 Å². The minimum atomic E-state index is 0.984. The molecule has 0 radical (unpaired) electrons. The largest absolute Gasteiger partial charge is 0.355 e. The lowest BCUT2D eigenvalue weighted by Gasteiger charge is -2.25. The first-order chi connectivity index (χ1) is 19.2. The highest BCUT2D eigenvalue weighted by atomic mass is 15.1. The van der Waals surface area contributed by atoms with E-state index in [1.54, 1.807) is 0 Å². The Balaban J connectivity index is 1.44. The molecule has 188 valence electrons. The topological polar surface area (TPSA) is 15.3 Å². The van der Waals surface area contributed by atoms with Crippen LogP contribution in [0.5, 0.6) is 0 Å². The monoisotopic (exact) mass is 502 g/mol. The van der Waals surface area contributed by atoms with Crippen molar-refractivity contribution < 1.29 is 0 Å². The molecule has 39 heavy (non-hydrogen) atoms. The van der Waals surface area contributed by atoms with Crippen molar-refractivity contribution >= 4 is 28.3 Å². The average Bonchev–Trinajstić information content (AvgIpc) is 2.98. The lowest BCUT2D eigenvalue weighted by molar-refractivity contribution is 1.27. The van der Waals surface area contributed by atoms with Gasteiger partial charge in [0.15, 0.2) is 0 Å². The first-order valence-corrected chi connectivity index (χ1v) is 13.2. The van der Waals surface area contributed by atoms with Crippen molar-refractivity contribution in [2.45, 2.75) is 6.92 Å². The molecule has 0 fully saturated rings. The van der Waals surface area contributed by atoms with Gasteiger partial charge < -0.3 is 10.2 Å². The van der Waals surface area contributed by atoms with E-state index in [0.29, 0.717) is 0 Å². The molecule has 5 aromatic rings. The Hall–Kier alpha value is -5.08. The number of fused-ring (bicyclic) bond motifs is 1. The summed E-state index contributed by atoms with van der Waals surface area (Å²) in [6.45, 7) is 6.50. The Morgan fingerprint density at radius 3 is 2.03 bits per heavy atom. The van der Waals surface area contributed by atoms with Crippen LogP contribution in [-0.2, 0) is 0 Å². The second kappa shape index (κ2) is 10.7. The van der Waals surface area contributed by atoms with Gasteiger partial charge in [0, 0.05) is 34.4 Å². The summed E-state index contributed by atoms with van der Waals surface area (Å²) in [6.07, 6.45) is 8.29. The Labute approximate surface area is 230 Å². The SMILES string of the molecule is C=C1/C=C\C=C/N(c2ccccc2)c2ccc(-c3ccc(Nc4ccc(C)cc4)c(-c4ccccc4)c3)cc21. The Morgan fingerprint density at radius 1 is 0.615 bits per heavy atom. The molecule has 0 bridgehead atoms. The quantitative estimate of drug-likeness (QED) is 0.257. The lowest BCUT2D eigenvalue weighted by Crippen LogP contribution is -2.11. The van der Waals surface area contributed by atoms with Gasteiger partial charge in [0.1, 0.15) is 0 Å².